The zero-order valence-electron chi connectivity index (χ0n) is 11.8. The molecule has 0 unspecified atom stereocenters. The number of hydrogen-bond acceptors (Lipinski definition) is 5. The molecule has 0 fully saturated rings. The Bertz CT molecular complexity index is 557. The van der Waals surface area contributed by atoms with Gasteiger partial charge >= 0.3 is 5.97 Å². The maximum atomic E-state index is 11.4. The van der Waals surface area contributed by atoms with Gasteiger partial charge in [0, 0.05) is 39.7 Å². The fourth-order valence-electron chi connectivity index (χ4n) is 1.77. The summed E-state index contributed by atoms with van der Waals surface area (Å²) in [4.78, 5) is 34.1. The van der Waals surface area contributed by atoms with Crippen molar-refractivity contribution in [3.63, 3.8) is 0 Å². The summed E-state index contributed by atoms with van der Waals surface area (Å²) in [5.74, 6) is -1.40. The van der Waals surface area contributed by atoms with Gasteiger partial charge in [-0.15, -0.1) is 0 Å². The number of amides is 1. The van der Waals surface area contributed by atoms with Crippen molar-refractivity contribution in [2.24, 2.45) is 0 Å². The predicted molar refractivity (Wildman–Crippen MR) is 75.1 cm³/mol. The van der Waals surface area contributed by atoms with E-state index in [1.165, 1.54) is 17.0 Å². The van der Waals surface area contributed by atoms with Crippen LogP contribution in [0.25, 0.3) is 0 Å². The number of rotatable bonds is 7. The molecule has 0 atom stereocenters. The number of nitro benzene ring substituents is 1. The minimum Gasteiger partial charge on any atom is -0.477 e. The maximum absolute atomic E-state index is 11.4. The van der Waals surface area contributed by atoms with E-state index in [0.29, 0.717) is 12.1 Å². The molecular weight excluding hydrogens is 278 g/mol. The third-order valence-electron chi connectivity index (χ3n) is 2.87. The number of nitrogens with zero attached hydrogens (tertiary/aromatic N) is 2. The van der Waals surface area contributed by atoms with E-state index in [4.69, 9.17) is 5.11 Å². The van der Waals surface area contributed by atoms with Gasteiger partial charge in [0.15, 0.2) is 0 Å². The third kappa shape index (κ3) is 4.53. The molecule has 8 nitrogen and oxygen atoms in total. The van der Waals surface area contributed by atoms with E-state index in [-0.39, 0.29) is 24.4 Å². The van der Waals surface area contributed by atoms with Crippen molar-refractivity contribution in [3.8, 4) is 0 Å². The number of hydrogen-bond donors (Lipinski definition) is 2. The lowest BCUT2D eigenvalue weighted by atomic mass is 10.1. The fourth-order valence-corrected chi connectivity index (χ4v) is 1.77. The first-order valence-corrected chi connectivity index (χ1v) is 6.25. The molecule has 0 radical (unpaired) electrons. The van der Waals surface area contributed by atoms with Crippen molar-refractivity contribution < 1.29 is 19.6 Å². The fraction of sp³-hybridized carbons (Fsp3) is 0.385. The Morgan fingerprint density at radius 3 is 2.57 bits per heavy atom. The Labute approximate surface area is 121 Å². The molecule has 0 aliphatic heterocycles. The summed E-state index contributed by atoms with van der Waals surface area (Å²) in [7, 11) is 3.29. The molecule has 0 heterocycles. The molecule has 2 N–H and O–H groups in total. The number of nitrogens with one attached hydrogen (secondary N) is 1. The second-order valence-corrected chi connectivity index (χ2v) is 4.59. The molecule has 0 spiro atoms. The highest BCUT2D eigenvalue weighted by molar-refractivity contribution is 5.94. The van der Waals surface area contributed by atoms with Crippen molar-refractivity contribution in [2.75, 3.05) is 20.6 Å². The van der Waals surface area contributed by atoms with Crippen LogP contribution in [0.2, 0.25) is 0 Å². The van der Waals surface area contributed by atoms with E-state index in [9.17, 15) is 19.7 Å². The minimum atomic E-state index is -1.34. The molecule has 1 aromatic rings. The Hall–Kier alpha value is -2.48. The highest BCUT2D eigenvalue weighted by Gasteiger charge is 2.22. The van der Waals surface area contributed by atoms with Crippen LogP contribution < -0.4 is 5.32 Å². The van der Waals surface area contributed by atoms with Crippen molar-refractivity contribution in [1.82, 2.24) is 10.2 Å². The van der Waals surface area contributed by atoms with Crippen molar-refractivity contribution >= 4 is 17.6 Å². The van der Waals surface area contributed by atoms with Gasteiger partial charge in [0.25, 0.3) is 5.69 Å². The molecular formula is C13H17N3O5. The van der Waals surface area contributed by atoms with Crippen LogP contribution in [0.15, 0.2) is 18.2 Å². The zero-order chi connectivity index (χ0) is 16.0. The topological polar surface area (TPSA) is 113 Å². The summed E-state index contributed by atoms with van der Waals surface area (Å²) in [6.45, 7) is 0.503. The number of nitro groups is 1. The summed E-state index contributed by atoms with van der Waals surface area (Å²) < 4.78 is 0. The molecule has 0 aromatic heterocycles. The highest BCUT2D eigenvalue weighted by atomic mass is 16.6. The van der Waals surface area contributed by atoms with Gasteiger partial charge in [0.1, 0.15) is 5.56 Å². The van der Waals surface area contributed by atoms with Crippen LogP contribution >= 0.6 is 0 Å². The van der Waals surface area contributed by atoms with Gasteiger partial charge < -0.3 is 15.3 Å². The smallest absolute Gasteiger partial charge is 0.343 e. The van der Waals surface area contributed by atoms with E-state index >= 15 is 0 Å². The molecule has 21 heavy (non-hydrogen) atoms. The van der Waals surface area contributed by atoms with E-state index in [1.54, 1.807) is 14.1 Å². The Balaban J connectivity index is 2.75. The summed E-state index contributed by atoms with van der Waals surface area (Å²) in [6, 6.07) is 4.10. The maximum Gasteiger partial charge on any atom is 0.343 e. The average molecular weight is 295 g/mol. The molecule has 1 aromatic carbocycles. The van der Waals surface area contributed by atoms with Crippen LogP contribution in [0.4, 0.5) is 5.69 Å². The lowest BCUT2D eigenvalue weighted by molar-refractivity contribution is -0.385. The van der Waals surface area contributed by atoms with E-state index in [0.717, 1.165) is 6.07 Å². The Morgan fingerprint density at radius 2 is 2.05 bits per heavy atom. The third-order valence-corrected chi connectivity index (χ3v) is 2.87. The lowest BCUT2D eigenvalue weighted by Gasteiger charge is -2.11. The number of carboxylic acids is 1. The number of carbonyl (C=O) groups excluding carboxylic acids is 1. The van der Waals surface area contributed by atoms with Gasteiger partial charge in [0.05, 0.1) is 4.92 Å². The second kappa shape index (κ2) is 7.34. The average Bonchev–Trinajstić information content (AvgIpc) is 2.42. The van der Waals surface area contributed by atoms with Crippen LogP contribution in [0.3, 0.4) is 0 Å². The number of aromatic carboxylic acids is 1. The van der Waals surface area contributed by atoms with Crippen LogP contribution in [-0.2, 0) is 11.3 Å². The Morgan fingerprint density at radius 1 is 1.38 bits per heavy atom. The normalized spacial score (nSPS) is 10.2. The van der Waals surface area contributed by atoms with Crippen molar-refractivity contribution in [2.45, 2.75) is 13.0 Å². The van der Waals surface area contributed by atoms with E-state index < -0.39 is 16.6 Å². The van der Waals surface area contributed by atoms with Crippen LogP contribution in [0.5, 0.6) is 0 Å². The zero-order valence-corrected chi connectivity index (χ0v) is 11.8. The largest absolute Gasteiger partial charge is 0.477 e. The standard InChI is InChI=1S/C13H17N3O5/c1-15(2)11(17)6-7-14-8-9-4-3-5-10(16(20)21)12(9)13(18)19/h3-5,14H,6-8H2,1-2H3,(H,18,19). The molecule has 0 aliphatic carbocycles. The van der Waals surface area contributed by atoms with Crippen LogP contribution in [-0.4, -0.2) is 47.4 Å². The number of benzene rings is 1. The predicted octanol–water partition coefficient (Wildman–Crippen LogP) is 0.861. The SMILES string of the molecule is CN(C)C(=O)CCNCc1cccc([N+](=O)[O-])c1C(=O)O. The molecule has 1 amide bonds. The molecule has 0 saturated carbocycles. The molecule has 0 aliphatic rings. The minimum absolute atomic E-state index is 0.0556. The quantitative estimate of drug-likeness (QED) is 0.438. The van der Waals surface area contributed by atoms with Gasteiger partial charge in [-0.1, -0.05) is 12.1 Å². The first kappa shape index (κ1) is 16.6. The van der Waals surface area contributed by atoms with Gasteiger partial charge in [-0.05, 0) is 5.56 Å². The van der Waals surface area contributed by atoms with Gasteiger partial charge in [-0.2, -0.15) is 0 Å². The summed E-state index contributed by atoms with van der Waals surface area (Å²) in [6.07, 6.45) is 0.268. The summed E-state index contributed by atoms with van der Waals surface area (Å²) in [5, 5.41) is 22.9. The van der Waals surface area contributed by atoms with E-state index in [2.05, 4.69) is 5.32 Å². The second-order valence-electron chi connectivity index (χ2n) is 4.59. The monoisotopic (exact) mass is 295 g/mol. The van der Waals surface area contributed by atoms with Crippen LogP contribution in [0, 0.1) is 10.1 Å². The molecule has 0 saturated heterocycles. The number of carboxylic acid groups (broad SMARTS) is 1. The molecule has 8 heteroatoms. The molecule has 0 bridgehead atoms. The number of carbonyl (C=O) groups is 2. The first-order valence-electron chi connectivity index (χ1n) is 6.25. The highest BCUT2D eigenvalue weighted by Crippen LogP contribution is 2.22. The molecule has 1 rings (SSSR count). The lowest BCUT2D eigenvalue weighted by Crippen LogP contribution is -2.26. The van der Waals surface area contributed by atoms with E-state index in [1.807, 2.05) is 0 Å². The first-order chi connectivity index (χ1) is 9.84. The van der Waals surface area contributed by atoms with Crippen molar-refractivity contribution in [1.29, 1.82) is 0 Å². The summed E-state index contributed by atoms with van der Waals surface area (Å²) >= 11 is 0. The van der Waals surface area contributed by atoms with Gasteiger partial charge in [0.2, 0.25) is 5.91 Å². The molecule has 114 valence electrons. The van der Waals surface area contributed by atoms with Gasteiger partial charge in [-0.25, -0.2) is 4.79 Å². The van der Waals surface area contributed by atoms with Crippen molar-refractivity contribution in [3.05, 3.63) is 39.4 Å². The summed E-state index contributed by atoms with van der Waals surface area (Å²) in [5.41, 5.74) is -0.450. The van der Waals surface area contributed by atoms with Crippen LogP contribution in [0.1, 0.15) is 22.3 Å². The van der Waals surface area contributed by atoms with Gasteiger partial charge in [-0.3, -0.25) is 14.9 Å². The Kier molecular flexibility index (Phi) is 5.79.